The number of rotatable bonds is 4. The first-order valence-electron chi connectivity index (χ1n) is 4.42. The van der Waals surface area contributed by atoms with E-state index >= 15 is 0 Å². The molecule has 1 aliphatic rings. The van der Waals surface area contributed by atoms with E-state index < -0.39 is 0 Å². The summed E-state index contributed by atoms with van der Waals surface area (Å²) in [4.78, 5) is 22.5. The Hall–Kier alpha value is -0.920. The minimum Gasteiger partial charge on any atom is -0.299 e. The van der Waals surface area contributed by atoms with Crippen LogP contribution in [0.25, 0.3) is 0 Å². The molecule has 1 saturated carbocycles. The Morgan fingerprint density at radius 2 is 2.42 bits per heavy atom. The normalized spacial score (nSPS) is 22.7. The topological polar surface area (TPSA) is 34.1 Å². The average molecular weight is 166 g/mol. The van der Waals surface area contributed by atoms with Crippen molar-refractivity contribution in [3.05, 3.63) is 12.7 Å². The van der Waals surface area contributed by atoms with E-state index in [-0.39, 0.29) is 17.5 Å². The van der Waals surface area contributed by atoms with Gasteiger partial charge in [0.15, 0.2) is 0 Å². The molecule has 1 fully saturated rings. The van der Waals surface area contributed by atoms with Gasteiger partial charge in [0.05, 0.1) is 5.92 Å². The van der Waals surface area contributed by atoms with Gasteiger partial charge in [-0.05, 0) is 19.3 Å². The quantitative estimate of drug-likeness (QED) is 0.472. The molecule has 1 rings (SSSR count). The van der Waals surface area contributed by atoms with Crippen LogP contribution in [-0.4, -0.2) is 11.6 Å². The lowest BCUT2D eigenvalue weighted by atomic mass is 9.98. The number of carbonyl (C=O) groups excluding carboxylic acids is 2. The van der Waals surface area contributed by atoms with Gasteiger partial charge in [-0.25, -0.2) is 0 Å². The maximum atomic E-state index is 11.3. The minimum absolute atomic E-state index is 0.109. The van der Waals surface area contributed by atoms with Crippen molar-refractivity contribution in [2.24, 2.45) is 5.92 Å². The summed E-state index contributed by atoms with van der Waals surface area (Å²) in [5, 5.41) is 0. The molecule has 0 radical (unpaired) electrons. The van der Waals surface area contributed by atoms with E-state index in [4.69, 9.17) is 0 Å². The Bertz CT molecular complexity index is 206. The molecule has 1 unspecified atom stereocenters. The highest BCUT2D eigenvalue weighted by Gasteiger charge is 2.29. The smallest absolute Gasteiger partial charge is 0.143 e. The number of hydrogen-bond acceptors (Lipinski definition) is 2. The van der Waals surface area contributed by atoms with E-state index in [0.717, 1.165) is 12.8 Å². The van der Waals surface area contributed by atoms with Crippen LogP contribution in [0.15, 0.2) is 12.7 Å². The zero-order chi connectivity index (χ0) is 8.97. The van der Waals surface area contributed by atoms with Gasteiger partial charge in [0.1, 0.15) is 11.6 Å². The van der Waals surface area contributed by atoms with Crippen LogP contribution in [-0.2, 0) is 9.59 Å². The fraction of sp³-hybridized carbons (Fsp3) is 0.600. The van der Waals surface area contributed by atoms with Crippen LogP contribution in [0, 0.1) is 5.92 Å². The summed E-state index contributed by atoms with van der Waals surface area (Å²) in [5.41, 5.74) is 0. The van der Waals surface area contributed by atoms with Crippen molar-refractivity contribution >= 4 is 11.6 Å². The van der Waals surface area contributed by atoms with Gasteiger partial charge >= 0.3 is 0 Å². The lowest BCUT2D eigenvalue weighted by Crippen LogP contribution is -2.17. The third-order valence-electron chi connectivity index (χ3n) is 2.29. The van der Waals surface area contributed by atoms with Gasteiger partial charge < -0.3 is 0 Å². The van der Waals surface area contributed by atoms with Gasteiger partial charge in [-0.3, -0.25) is 9.59 Å². The first kappa shape index (κ1) is 9.17. The standard InChI is InChI=1S/C10H14O2/c1-2-3-6-9(11)8-5-4-7-10(8)12/h2,8H,1,3-7H2. The van der Waals surface area contributed by atoms with Crippen molar-refractivity contribution in [3.63, 3.8) is 0 Å². The largest absolute Gasteiger partial charge is 0.299 e. The first-order valence-corrected chi connectivity index (χ1v) is 4.42. The van der Waals surface area contributed by atoms with Crippen LogP contribution >= 0.6 is 0 Å². The van der Waals surface area contributed by atoms with E-state index in [2.05, 4.69) is 6.58 Å². The Balaban J connectivity index is 2.40. The molecule has 66 valence electrons. The van der Waals surface area contributed by atoms with Gasteiger partial charge in [0.2, 0.25) is 0 Å². The van der Waals surface area contributed by atoms with Crippen molar-refractivity contribution in [3.8, 4) is 0 Å². The molecule has 0 spiro atoms. The summed E-state index contributed by atoms with van der Waals surface area (Å²) >= 11 is 0. The highest BCUT2D eigenvalue weighted by Crippen LogP contribution is 2.23. The van der Waals surface area contributed by atoms with Gasteiger partial charge in [-0.2, -0.15) is 0 Å². The predicted molar refractivity (Wildman–Crippen MR) is 46.8 cm³/mol. The second-order valence-corrected chi connectivity index (χ2v) is 3.20. The van der Waals surface area contributed by atoms with Crippen molar-refractivity contribution in [2.75, 3.05) is 0 Å². The molecule has 2 nitrogen and oxygen atoms in total. The second-order valence-electron chi connectivity index (χ2n) is 3.20. The summed E-state index contributed by atoms with van der Waals surface area (Å²) in [6, 6.07) is 0. The van der Waals surface area contributed by atoms with E-state index in [1.165, 1.54) is 0 Å². The molecule has 2 heteroatoms. The maximum absolute atomic E-state index is 11.3. The van der Waals surface area contributed by atoms with Gasteiger partial charge in [-0.1, -0.05) is 6.08 Å². The number of ketones is 2. The van der Waals surface area contributed by atoms with E-state index in [1.54, 1.807) is 6.08 Å². The van der Waals surface area contributed by atoms with Crippen LogP contribution in [0.5, 0.6) is 0 Å². The van der Waals surface area contributed by atoms with E-state index in [0.29, 0.717) is 19.3 Å². The molecule has 0 heterocycles. The Labute approximate surface area is 72.7 Å². The molecule has 0 amide bonds. The zero-order valence-corrected chi connectivity index (χ0v) is 7.21. The lowest BCUT2D eigenvalue weighted by Gasteiger charge is -2.04. The Morgan fingerprint density at radius 3 is 2.92 bits per heavy atom. The highest BCUT2D eigenvalue weighted by molar-refractivity contribution is 6.03. The molecule has 12 heavy (non-hydrogen) atoms. The SMILES string of the molecule is C=CCCC(=O)C1CCCC1=O. The molecule has 0 aliphatic heterocycles. The summed E-state index contributed by atoms with van der Waals surface area (Å²) in [6.45, 7) is 3.54. The summed E-state index contributed by atoms with van der Waals surface area (Å²) < 4.78 is 0. The molecule has 0 N–H and O–H groups in total. The number of carbonyl (C=O) groups is 2. The molecule has 1 aliphatic carbocycles. The summed E-state index contributed by atoms with van der Waals surface area (Å²) in [6.07, 6.45) is 5.17. The molecule has 0 aromatic carbocycles. The predicted octanol–water partition coefficient (Wildman–Crippen LogP) is 1.89. The van der Waals surface area contributed by atoms with Crippen molar-refractivity contribution in [1.29, 1.82) is 0 Å². The van der Waals surface area contributed by atoms with E-state index in [9.17, 15) is 9.59 Å². The average Bonchev–Trinajstić information content (AvgIpc) is 2.47. The molecular weight excluding hydrogens is 152 g/mol. The summed E-state index contributed by atoms with van der Waals surface area (Å²) in [5.74, 6) is -0.0218. The van der Waals surface area contributed by atoms with Crippen molar-refractivity contribution in [2.45, 2.75) is 32.1 Å². The monoisotopic (exact) mass is 166 g/mol. The number of hydrogen-bond donors (Lipinski definition) is 0. The molecule has 0 bridgehead atoms. The fourth-order valence-electron chi connectivity index (χ4n) is 1.57. The third kappa shape index (κ3) is 2.03. The number of Topliss-reactive ketones (excluding diaryl/α,β-unsaturated/α-hetero) is 2. The first-order chi connectivity index (χ1) is 5.75. The number of allylic oxidation sites excluding steroid dienone is 1. The maximum Gasteiger partial charge on any atom is 0.143 e. The van der Waals surface area contributed by atoms with Crippen molar-refractivity contribution in [1.82, 2.24) is 0 Å². The zero-order valence-electron chi connectivity index (χ0n) is 7.21. The van der Waals surface area contributed by atoms with Crippen LogP contribution in [0.2, 0.25) is 0 Å². The lowest BCUT2D eigenvalue weighted by molar-refractivity contribution is -0.130. The molecule has 1 atom stereocenters. The van der Waals surface area contributed by atoms with Gasteiger partial charge in [-0.15, -0.1) is 6.58 Å². The fourth-order valence-corrected chi connectivity index (χ4v) is 1.57. The Morgan fingerprint density at radius 1 is 1.67 bits per heavy atom. The molecule has 0 aromatic rings. The van der Waals surface area contributed by atoms with Crippen molar-refractivity contribution < 1.29 is 9.59 Å². The van der Waals surface area contributed by atoms with E-state index in [1.807, 2.05) is 0 Å². The minimum atomic E-state index is -0.273. The van der Waals surface area contributed by atoms with Crippen LogP contribution in [0.1, 0.15) is 32.1 Å². The molecule has 0 saturated heterocycles. The molecular formula is C10H14O2. The van der Waals surface area contributed by atoms with Crippen LogP contribution in [0.4, 0.5) is 0 Å². The second kappa shape index (κ2) is 4.19. The van der Waals surface area contributed by atoms with Gasteiger partial charge in [0, 0.05) is 12.8 Å². The highest BCUT2D eigenvalue weighted by atomic mass is 16.2. The Kier molecular flexibility index (Phi) is 3.20. The van der Waals surface area contributed by atoms with Crippen LogP contribution in [0.3, 0.4) is 0 Å². The van der Waals surface area contributed by atoms with Gasteiger partial charge in [0.25, 0.3) is 0 Å². The molecule has 0 aromatic heterocycles. The third-order valence-corrected chi connectivity index (χ3v) is 2.29. The summed E-state index contributed by atoms with van der Waals surface area (Å²) in [7, 11) is 0. The van der Waals surface area contributed by atoms with Crippen LogP contribution < -0.4 is 0 Å².